The van der Waals surface area contributed by atoms with Gasteiger partial charge in [0.05, 0.1) is 9.85 Å². The highest BCUT2D eigenvalue weighted by atomic mass is 16.6. The van der Waals surface area contributed by atoms with E-state index in [4.69, 9.17) is 15.0 Å². The Bertz CT molecular complexity index is 1130. The van der Waals surface area contributed by atoms with E-state index in [9.17, 15) is 25.0 Å². The molecular formula is C19H11N5O7. The average Bonchev–Trinajstić information content (AvgIpc) is 2.74. The zero-order valence-corrected chi connectivity index (χ0v) is 15.4. The van der Waals surface area contributed by atoms with Crippen LogP contribution in [-0.2, 0) is 0 Å². The first-order valence-corrected chi connectivity index (χ1v) is 8.45. The van der Waals surface area contributed by atoms with Gasteiger partial charge in [-0.05, 0) is 47.0 Å². The van der Waals surface area contributed by atoms with Crippen LogP contribution in [0.4, 0.5) is 11.4 Å². The summed E-state index contributed by atoms with van der Waals surface area (Å²) in [7, 11) is 0. The molecule has 12 nitrogen and oxygen atoms in total. The lowest BCUT2D eigenvalue weighted by atomic mass is 10.2. The first kappa shape index (κ1) is 20.8. The van der Waals surface area contributed by atoms with Crippen LogP contribution < -0.4 is 9.47 Å². The lowest BCUT2D eigenvalue weighted by molar-refractivity contribution is -0.385. The van der Waals surface area contributed by atoms with Gasteiger partial charge in [0.1, 0.15) is 23.0 Å². The largest absolute Gasteiger partial charge is 0.457 e. The molecule has 0 spiro atoms. The van der Waals surface area contributed by atoms with Crippen LogP contribution in [0.5, 0.6) is 23.0 Å². The number of nitrogens with zero attached hydrogens (tertiary/aromatic N) is 5. The molecule has 0 N–H and O–H groups in total. The molecular weight excluding hydrogens is 410 g/mol. The second-order valence-corrected chi connectivity index (χ2v) is 5.89. The maximum absolute atomic E-state index is 12.0. The van der Waals surface area contributed by atoms with Crippen LogP contribution in [0.3, 0.4) is 0 Å². The molecule has 0 bridgehead atoms. The lowest BCUT2D eigenvalue weighted by Gasteiger charge is -2.11. The minimum absolute atomic E-state index is 0.0332. The predicted molar refractivity (Wildman–Crippen MR) is 106 cm³/mol. The molecule has 3 rings (SSSR count). The fraction of sp³-hybridized carbons (Fsp3) is 0. The quantitative estimate of drug-likeness (QED) is 0.158. The number of hydrogen-bond donors (Lipinski definition) is 0. The average molecular weight is 421 g/mol. The molecule has 12 heteroatoms. The van der Waals surface area contributed by atoms with Crippen molar-refractivity contribution in [2.24, 2.45) is 5.11 Å². The van der Waals surface area contributed by atoms with Gasteiger partial charge in [-0.3, -0.25) is 25.0 Å². The second kappa shape index (κ2) is 9.03. The number of amides is 1. The van der Waals surface area contributed by atoms with Gasteiger partial charge in [0.25, 0.3) is 11.4 Å². The Morgan fingerprint density at radius 2 is 1.19 bits per heavy atom. The Labute approximate surface area is 173 Å². The van der Waals surface area contributed by atoms with Crippen LogP contribution >= 0.6 is 0 Å². The van der Waals surface area contributed by atoms with Crippen LogP contribution in [0.25, 0.3) is 10.4 Å². The second-order valence-electron chi connectivity index (χ2n) is 5.89. The van der Waals surface area contributed by atoms with Crippen molar-refractivity contribution in [1.29, 1.82) is 0 Å². The van der Waals surface area contributed by atoms with Gasteiger partial charge in [0.2, 0.25) is 5.91 Å². The summed E-state index contributed by atoms with van der Waals surface area (Å²) in [5.74, 6) is -0.125. The molecule has 0 atom stereocenters. The van der Waals surface area contributed by atoms with Gasteiger partial charge in [-0.1, -0.05) is 0 Å². The number of carbonyl (C=O) groups is 1. The fourth-order valence-electron chi connectivity index (χ4n) is 2.46. The highest BCUT2D eigenvalue weighted by Gasteiger charge is 2.12. The number of azide groups is 1. The topological polar surface area (TPSA) is 171 Å². The molecule has 3 aromatic carbocycles. The van der Waals surface area contributed by atoms with Gasteiger partial charge >= 0.3 is 0 Å². The van der Waals surface area contributed by atoms with Crippen molar-refractivity contribution in [2.45, 2.75) is 0 Å². The van der Waals surface area contributed by atoms with E-state index in [0.717, 1.165) is 0 Å². The van der Waals surface area contributed by atoms with Gasteiger partial charge in [-0.15, -0.1) is 0 Å². The van der Waals surface area contributed by atoms with Gasteiger partial charge in [0, 0.05) is 40.8 Å². The number of nitro benzene ring substituents is 2. The van der Waals surface area contributed by atoms with Crippen LogP contribution in [0, 0.1) is 20.2 Å². The summed E-state index contributed by atoms with van der Waals surface area (Å²) in [6, 6.07) is 14.5. The smallest absolute Gasteiger partial charge is 0.269 e. The van der Waals surface area contributed by atoms with Crippen LogP contribution in [0.15, 0.2) is 71.8 Å². The third kappa shape index (κ3) is 5.31. The normalized spacial score (nSPS) is 9.94. The fourth-order valence-corrected chi connectivity index (χ4v) is 2.46. The number of ether oxygens (including phenoxy) is 2. The van der Waals surface area contributed by atoms with E-state index < -0.39 is 15.8 Å². The molecule has 1 amide bonds. The number of benzene rings is 3. The highest BCUT2D eigenvalue weighted by Crippen LogP contribution is 2.32. The van der Waals surface area contributed by atoms with Crippen LogP contribution in [-0.4, -0.2) is 15.8 Å². The van der Waals surface area contributed by atoms with E-state index in [1.54, 1.807) is 0 Å². The Morgan fingerprint density at radius 1 is 0.774 bits per heavy atom. The third-order valence-corrected chi connectivity index (χ3v) is 3.83. The molecule has 0 aliphatic carbocycles. The molecule has 0 saturated carbocycles. The van der Waals surface area contributed by atoms with E-state index >= 15 is 0 Å². The molecule has 154 valence electrons. The Kier molecular flexibility index (Phi) is 6.05. The molecule has 0 aliphatic heterocycles. The summed E-state index contributed by atoms with van der Waals surface area (Å²) >= 11 is 0. The van der Waals surface area contributed by atoms with Gasteiger partial charge in [0.15, 0.2) is 0 Å². The molecule has 3 aromatic rings. The van der Waals surface area contributed by atoms with Crippen molar-refractivity contribution in [1.82, 2.24) is 0 Å². The van der Waals surface area contributed by atoms with Crippen molar-refractivity contribution >= 4 is 17.3 Å². The van der Waals surface area contributed by atoms with Crippen molar-refractivity contribution in [3.63, 3.8) is 0 Å². The van der Waals surface area contributed by atoms with E-state index in [1.165, 1.54) is 66.7 Å². The minimum Gasteiger partial charge on any atom is -0.457 e. The van der Waals surface area contributed by atoms with Crippen molar-refractivity contribution < 1.29 is 24.1 Å². The molecule has 0 unspecified atom stereocenters. The molecule has 0 saturated heterocycles. The molecule has 31 heavy (non-hydrogen) atoms. The van der Waals surface area contributed by atoms with Gasteiger partial charge in [-0.2, -0.15) is 0 Å². The Balaban J connectivity index is 1.91. The van der Waals surface area contributed by atoms with Gasteiger partial charge < -0.3 is 9.47 Å². The van der Waals surface area contributed by atoms with Crippen LogP contribution in [0.2, 0.25) is 0 Å². The summed E-state index contributed by atoms with van der Waals surface area (Å²) < 4.78 is 11.3. The maximum Gasteiger partial charge on any atom is 0.269 e. The van der Waals surface area contributed by atoms with E-state index in [1.807, 2.05) is 0 Å². The van der Waals surface area contributed by atoms with Gasteiger partial charge in [-0.25, -0.2) is 0 Å². The molecule has 0 aliphatic rings. The van der Waals surface area contributed by atoms with Crippen molar-refractivity contribution in [3.8, 4) is 23.0 Å². The van der Waals surface area contributed by atoms with E-state index in [-0.39, 0.29) is 39.9 Å². The summed E-state index contributed by atoms with van der Waals surface area (Å²) in [6.45, 7) is 0. The molecule has 0 aromatic heterocycles. The van der Waals surface area contributed by atoms with Crippen molar-refractivity contribution in [3.05, 3.63) is 103 Å². The summed E-state index contributed by atoms with van der Waals surface area (Å²) in [6.07, 6.45) is 0. The monoisotopic (exact) mass is 421 g/mol. The summed E-state index contributed by atoms with van der Waals surface area (Å²) in [5, 5.41) is 24.6. The molecule has 0 radical (unpaired) electrons. The first-order chi connectivity index (χ1) is 14.9. The number of rotatable bonds is 7. The van der Waals surface area contributed by atoms with E-state index in [0.29, 0.717) is 0 Å². The number of nitro groups is 2. The SMILES string of the molecule is [N-]=[N+]=NC(=O)c1cc(Oc2ccc([N+](=O)[O-])cc2)cc(Oc2ccc([N+](=O)[O-])cc2)c1. The Morgan fingerprint density at radius 3 is 1.55 bits per heavy atom. The highest BCUT2D eigenvalue weighted by molar-refractivity contribution is 5.95. The van der Waals surface area contributed by atoms with Crippen LogP contribution in [0.1, 0.15) is 10.4 Å². The summed E-state index contributed by atoms with van der Waals surface area (Å²) in [4.78, 5) is 34.9. The molecule has 0 heterocycles. The first-order valence-electron chi connectivity index (χ1n) is 8.45. The number of hydrogen-bond acceptors (Lipinski definition) is 7. The van der Waals surface area contributed by atoms with E-state index in [2.05, 4.69) is 10.0 Å². The molecule has 0 fully saturated rings. The maximum atomic E-state index is 12.0. The van der Waals surface area contributed by atoms with Crippen molar-refractivity contribution in [2.75, 3.05) is 0 Å². The third-order valence-electron chi connectivity index (χ3n) is 3.83. The lowest BCUT2D eigenvalue weighted by Crippen LogP contribution is -1.97. The zero-order valence-electron chi connectivity index (χ0n) is 15.4. The predicted octanol–water partition coefficient (Wildman–Crippen LogP) is 5.54. The number of carbonyl (C=O) groups excluding carboxylic acids is 1. The Hall–Kier alpha value is -4.96. The summed E-state index contributed by atoms with van der Waals surface area (Å²) in [5.41, 5.74) is 8.23. The standard InChI is InChI=1S/C19H11N5O7/c20-22-21-19(25)12-9-17(30-15-5-1-13(2-6-15)23(26)27)11-18(10-12)31-16-7-3-14(4-8-16)24(28)29/h1-11H. The zero-order chi connectivity index (χ0) is 22.4. The number of non-ortho nitro benzene ring substituents is 2. The minimum atomic E-state index is -0.884.